The molecule has 2 aromatic rings. The van der Waals surface area contributed by atoms with Crippen LogP contribution in [0.15, 0.2) is 42.5 Å². The molecule has 0 unspecified atom stereocenters. The first-order chi connectivity index (χ1) is 12.4. The van der Waals surface area contributed by atoms with Gasteiger partial charge in [0.15, 0.2) is 0 Å². The Labute approximate surface area is 164 Å². The predicted molar refractivity (Wildman–Crippen MR) is 105 cm³/mol. The van der Waals surface area contributed by atoms with Crippen molar-refractivity contribution in [3.8, 4) is 0 Å². The lowest BCUT2D eigenvalue weighted by atomic mass is 10.1. The average Bonchev–Trinajstić information content (AvgIpc) is 2.66. The Morgan fingerprint density at radius 1 is 0.962 bits per heavy atom. The molecule has 0 aromatic heterocycles. The lowest BCUT2D eigenvalue weighted by molar-refractivity contribution is -0.114. The number of rotatable bonds is 6. The molecule has 0 saturated carbocycles. The molecule has 26 heavy (non-hydrogen) atoms. The number of hydrogen-bond donors (Lipinski definition) is 2. The van der Waals surface area contributed by atoms with E-state index in [0.29, 0.717) is 0 Å². The van der Waals surface area contributed by atoms with Crippen molar-refractivity contribution in [1.29, 1.82) is 0 Å². The van der Waals surface area contributed by atoms with Gasteiger partial charge in [0.25, 0.3) is 0 Å². The number of nitrogens with one attached hydrogen (secondary N) is 2. The SMILES string of the molecule is COC(=O)c1ccc(C(=O)OC)c(NC(=O)CNc2ccc(I)cc2)c1. The molecule has 136 valence electrons. The van der Waals surface area contributed by atoms with Crippen molar-refractivity contribution < 1.29 is 23.9 Å². The van der Waals surface area contributed by atoms with Crippen molar-refractivity contribution in [2.24, 2.45) is 0 Å². The number of carbonyl (C=O) groups excluding carboxylic acids is 3. The van der Waals surface area contributed by atoms with Gasteiger partial charge in [-0.25, -0.2) is 9.59 Å². The Morgan fingerprint density at radius 2 is 1.62 bits per heavy atom. The highest BCUT2D eigenvalue weighted by atomic mass is 127. The van der Waals surface area contributed by atoms with E-state index in [0.717, 1.165) is 9.26 Å². The molecule has 0 bridgehead atoms. The molecule has 8 heteroatoms. The summed E-state index contributed by atoms with van der Waals surface area (Å²) in [7, 11) is 2.49. The van der Waals surface area contributed by atoms with Crippen LogP contribution in [0.3, 0.4) is 0 Å². The number of carbonyl (C=O) groups is 3. The summed E-state index contributed by atoms with van der Waals surface area (Å²) in [5.74, 6) is -1.58. The second kappa shape index (κ2) is 9.18. The van der Waals surface area contributed by atoms with Gasteiger partial charge in [0.1, 0.15) is 0 Å². The molecular formula is C18H17IN2O5. The number of methoxy groups -OCH3 is 2. The molecule has 0 aliphatic carbocycles. The van der Waals surface area contributed by atoms with E-state index in [4.69, 9.17) is 4.74 Å². The highest BCUT2D eigenvalue weighted by Gasteiger charge is 2.17. The highest BCUT2D eigenvalue weighted by Crippen LogP contribution is 2.20. The van der Waals surface area contributed by atoms with Crippen LogP contribution >= 0.6 is 22.6 Å². The smallest absolute Gasteiger partial charge is 0.339 e. The molecule has 0 radical (unpaired) electrons. The number of benzene rings is 2. The molecule has 0 atom stereocenters. The van der Waals surface area contributed by atoms with Crippen molar-refractivity contribution >= 4 is 51.8 Å². The normalized spacial score (nSPS) is 9.96. The quantitative estimate of drug-likeness (QED) is 0.501. The number of anilines is 2. The van der Waals surface area contributed by atoms with Gasteiger partial charge in [-0.05, 0) is 65.1 Å². The van der Waals surface area contributed by atoms with Gasteiger partial charge in [0, 0.05) is 9.26 Å². The molecule has 2 aromatic carbocycles. The molecule has 2 N–H and O–H groups in total. The van der Waals surface area contributed by atoms with Crippen LogP contribution in [0.1, 0.15) is 20.7 Å². The van der Waals surface area contributed by atoms with Crippen LogP contribution in [0.5, 0.6) is 0 Å². The van der Waals surface area contributed by atoms with E-state index in [-0.39, 0.29) is 29.3 Å². The summed E-state index contributed by atoms with van der Waals surface area (Å²) in [6, 6.07) is 11.7. The average molecular weight is 468 g/mol. The van der Waals surface area contributed by atoms with E-state index in [1.165, 1.54) is 32.4 Å². The first-order valence-electron chi connectivity index (χ1n) is 7.54. The van der Waals surface area contributed by atoms with Crippen molar-refractivity contribution in [3.63, 3.8) is 0 Å². The van der Waals surface area contributed by atoms with Gasteiger partial charge in [-0.1, -0.05) is 0 Å². The summed E-state index contributed by atoms with van der Waals surface area (Å²) in [6.45, 7) is -0.0103. The molecule has 0 heterocycles. The van der Waals surface area contributed by atoms with E-state index in [1.807, 2.05) is 24.3 Å². The Morgan fingerprint density at radius 3 is 2.23 bits per heavy atom. The lowest BCUT2D eigenvalue weighted by Crippen LogP contribution is -2.23. The summed E-state index contributed by atoms with van der Waals surface area (Å²) >= 11 is 2.19. The fourth-order valence-corrected chi connectivity index (χ4v) is 2.48. The number of halogens is 1. The van der Waals surface area contributed by atoms with Crippen LogP contribution in [0, 0.1) is 3.57 Å². The van der Waals surface area contributed by atoms with Crippen LogP contribution in [-0.4, -0.2) is 38.6 Å². The molecule has 0 aliphatic rings. The molecule has 2 rings (SSSR count). The molecule has 0 spiro atoms. The minimum Gasteiger partial charge on any atom is -0.465 e. The van der Waals surface area contributed by atoms with Crippen LogP contribution < -0.4 is 10.6 Å². The molecule has 0 fully saturated rings. The summed E-state index contributed by atoms with van der Waals surface area (Å²) in [6.07, 6.45) is 0. The summed E-state index contributed by atoms with van der Waals surface area (Å²) in [5.41, 5.74) is 1.31. The Hall–Kier alpha value is -2.62. The predicted octanol–water partition coefficient (Wildman–Crippen LogP) is 2.92. The zero-order valence-electron chi connectivity index (χ0n) is 14.2. The monoisotopic (exact) mass is 468 g/mol. The fourth-order valence-electron chi connectivity index (χ4n) is 2.12. The summed E-state index contributed by atoms with van der Waals surface area (Å²) in [5, 5.41) is 5.60. The van der Waals surface area contributed by atoms with Gasteiger partial charge in [0.05, 0.1) is 37.6 Å². The summed E-state index contributed by atoms with van der Waals surface area (Å²) in [4.78, 5) is 35.8. The largest absolute Gasteiger partial charge is 0.465 e. The molecule has 1 amide bonds. The van der Waals surface area contributed by atoms with E-state index < -0.39 is 11.9 Å². The first kappa shape index (κ1) is 19.7. The van der Waals surface area contributed by atoms with E-state index in [9.17, 15) is 14.4 Å². The fraction of sp³-hybridized carbons (Fsp3) is 0.167. The highest BCUT2D eigenvalue weighted by molar-refractivity contribution is 14.1. The standard InChI is InChI=1S/C18H17IN2O5/c1-25-17(23)11-3-8-14(18(24)26-2)15(9-11)21-16(22)10-20-13-6-4-12(19)5-7-13/h3-9,20H,10H2,1-2H3,(H,21,22). The van der Waals surface area contributed by atoms with Gasteiger partial charge < -0.3 is 20.1 Å². The van der Waals surface area contributed by atoms with Crippen molar-refractivity contribution in [2.75, 3.05) is 31.4 Å². The van der Waals surface area contributed by atoms with Crippen molar-refractivity contribution in [3.05, 3.63) is 57.2 Å². The minimum atomic E-state index is -0.623. The molecular weight excluding hydrogens is 451 g/mol. The lowest BCUT2D eigenvalue weighted by Gasteiger charge is -2.12. The zero-order chi connectivity index (χ0) is 19.1. The number of ether oxygens (including phenoxy) is 2. The van der Waals surface area contributed by atoms with Gasteiger partial charge in [-0.15, -0.1) is 0 Å². The second-order valence-corrected chi connectivity index (χ2v) is 6.40. The third-order valence-corrected chi connectivity index (χ3v) is 4.14. The topological polar surface area (TPSA) is 93.7 Å². The van der Waals surface area contributed by atoms with E-state index in [1.54, 1.807) is 0 Å². The van der Waals surface area contributed by atoms with Crippen LogP contribution in [0.25, 0.3) is 0 Å². The number of amides is 1. The Balaban J connectivity index is 2.14. The molecule has 0 saturated heterocycles. The second-order valence-electron chi connectivity index (χ2n) is 5.15. The number of hydrogen-bond acceptors (Lipinski definition) is 6. The maximum Gasteiger partial charge on any atom is 0.339 e. The van der Waals surface area contributed by atoms with Gasteiger partial charge in [-0.2, -0.15) is 0 Å². The van der Waals surface area contributed by atoms with Crippen LogP contribution in [0.4, 0.5) is 11.4 Å². The maximum absolute atomic E-state index is 12.2. The van der Waals surface area contributed by atoms with Crippen molar-refractivity contribution in [2.45, 2.75) is 0 Å². The van der Waals surface area contributed by atoms with Crippen LogP contribution in [-0.2, 0) is 14.3 Å². The third-order valence-electron chi connectivity index (χ3n) is 3.42. The number of esters is 2. The van der Waals surface area contributed by atoms with Gasteiger partial charge in [0.2, 0.25) is 5.91 Å². The zero-order valence-corrected chi connectivity index (χ0v) is 16.3. The third kappa shape index (κ3) is 5.19. The van der Waals surface area contributed by atoms with Crippen molar-refractivity contribution in [1.82, 2.24) is 0 Å². The molecule has 0 aliphatic heterocycles. The van der Waals surface area contributed by atoms with E-state index >= 15 is 0 Å². The van der Waals surface area contributed by atoms with Gasteiger partial charge >= 0.3 is 11.9 Å². The molecule has 7 nitrogen and oxygen atoms in total. The summed E-state index contributed by atoms with van der Waals surface area (Å²) < 4.78 is 10.4. The Kier molecular flexibility index (Phi) is 6.96. The first-order valence-corrected chi connectivity index (χ1v) is 8.62. The minimum absolute atomic E-state index is 0.0103. The maximum atomic E-state index is 12.2. The van der Waals surface area contributed by atoms with E-state index in [2.05, 4.69) is 38.0 Å². The Bertz CT molecular complexity index is 821. The van der Waals surface area contributed by atoms with Crippen LogP contribution in [0.2, 0.25) is 0 Å². The van der Waals surface area contributed by atoms with Gasteiger partial charge in [-0.3, -0.25) is 4.79 Å².